The summed E-state index contributed by atoms with van der Waals surface area (Å²) >= 11 is 6.14. The Morgan fingerprint density at radius 3 is 2.16 bits per heavy atom. The highest BCUT2D eigenvalue weighted by Crippen LogP contribution is 2.31. The molecular weight excluding hydrogens is 410 g/mol. The molecule has 0 aromatic heterocycles. The fraction of sp³-hybridized carbons (Fsp3) is 0.120. The van der Waals surface area contributed by atoms with E-state index in [2.05, 4.69) is 10.6 Å². The van der Waals surface area contributed by atoms with Crippen LogP contribution >= 0.6 is 11.6 Å². The van der Waals surface area contributed by atoms with Crippen LogP contribution in [-0.4, -0.2) is 13.0 Å². The van der Waals surface area contributed by atoms with Gasteiger partial charge in [0.15, 0.2) is 0 Å². The number of nitrogens with one attached hydrogen (secondary N) is 2. The van der Waals surface area contributed by atoms with Crippen molar-refractivity contribution in [3.05, 3.63) is 106 Å². The third kappa shape index (κ3) is 5.44. The number of ether oxygens (including phenoxy) is 1. The number of rotatable bonds is 7. The molecule has 1 amide bonds. The van der Waals surface area contributed by atoms with E-state index in [9.17, 15) is 10.1 Å². The van der Waals surface area contributed by atoms with Crippen LogP contribution in [0, 0.1) is 18.3 Å². The first-order valence-electron chi connectivity index (χ1n) is 9.65. The Balaban J connectivity index is 1.86. The zero-order valence-corrected chi connectivity index (χ0v) is 18.0. The summed E-state index contributed by atoms with van der Waals surface area (Å²) < 4.78 is 5.33. The van der Waals surface area contributed by atoms with Gasteiger partial charge in [-0.3, -0.25) is 4.79 Å². The molecule has 31 heavy (non-hydrogen) atoms. The van der Waals surface area contributed by atoms with Crippen molar-refractivity contribution in [1.82, 2.24) is 5.32 Å². The summed E-state index contributed by atoms with van der Waals surface area (Å²) in [6.07, 6.45) is 1.37. The maximum atomic E-state index is 12.9. The summed E-state index contributed by atoms with van der Waals surface area (Å²) in [6, 6.07) is 24.3. The van der Waals surface area contributed by atoms with Gasteiger partial charge < -0.3 is 15.4 Å². The fourth-order valence-corrected chi connectivity index (χ4v) is 3.26. The number of carbonyl (C=O) groups is 1. The molecule has 0 spiro atoms. The molecule has 2 N–H and O–H groups in total. The number of halogens is 1. The van der Waals surface area contributed by atoms with E-state index in [-0.39, 0.29) is 11.6 Å². The fourth-order valence-electron chi connectivity index (χ4n) is 3.10. The standard InChI is InChI=1S/C25H22ClN3O2/c1-17-13-22(23(31-2)14-21(17)26)28-16-20(15-27)25(30)29-24(18-9-5-3-6-10-18)19-11-7-4-8-12-19/h3-14,16,24,28H,1-2H3,(H,29,30)/b20-16-. The molecule has 0 fully saturated rings. The number of aryl methyl sites for hydroxylation is 1. The Hall–Kier alpha value is -3.75. The van der Waals surface area contributed by atoms with Gasteiger partial charge in [-0.25, -0.2) is 0 Å². The van der Waals surface area contributed by atoms with Crippen molar-refractivity contribution in [1.29, 1.82) is 5.26 Å². The molecule has 5 nitrogen and oxygen atoms in total. The van der Waals surface area contributed by atoms with Crippen LogP contribution in [0.15, 0.2) is 84.6 Å². The molecule has 0 aliphatic carbocycles. The topological polar surface area (TPSA) is 74.1 Å². The molecule has 0 heterocycles. The van der Waals surface area contributed by atoms with Crippen LogP contribution in [0.25, 0.3) is 0 Å². The number of carbonyl (C=O) groups excluding carboxylic acids is 1. The van der Waals surface area contributed by atoms with Crippen LogP contribution in [0.2, 0.25) is 5.02 Å². The molecule has 156 valence electrons. The normalized spacial score (nSPS) is 11.0. The first-order valence-corrected chi connectivity index (χ1v) is 10.0. The third-order valence-electron chi connectivity index (χ3n) is 4.76. The Morgan fingerprint density at radius 1 is 1.06 bits per heavy atom. The summed E-state index contributed by atoms with van der Waals surface area (Å²) in [5.41, 5.74) is 3.22. The summed E-state index contributed by atoms with van der Waals surface area (Å²) in [5.74, 6) is 0.0216. The van der Waals surface area contributed by atoms with Gasteiger partial charge in [-0.2, -0.15) is 5.26 Å². The van der Waals surface area contributed by atoms with Crippen LogP contribution in [0.4, 0.5) is 5.69 Å². The van der Waals surface area contributed by atoms with Gasteiger partial charge in [0, 0.05) is 17.3 Å². The zero-order chi connectivity index (χ0) is 22.2. The van der Waals surface area contributed by atoms with Gasteiger partial charge in [-0.15, -0.1) is 0 Å². The van der Waals surface area contributed by atoms with Crippen molar-refractivity contribution in [3.63, 3.8) is 0 Å². The number of amides is 1. The molecule has 3 aromatic rings. The number of hydrogen-bond acceptors (Lipinski definition) is 4. The highest BCUT2D eigenvalue weighted by atomic mass is 35.5. The Morgan fingerprint density at radius 2 is 1.65 bits per heavy atom. The molecule has 0 saturated heterocycles. The van der Waals surface area contributed by atoms with E-state index >= 15 is 0 Å². The minimum Gasteiger partial charge on any atom is -0.495 e. The van der Waals surface area contributed by atoms with Gasteiger partial charge in [0.05, 0.1) is 18.8 Å². The van der Waals surface area contributed by atoms with Crippen LogP contribution in [-0.2, 0) is 4.79 Å². The highest BCUT2D eigenvalue weighted by Gasteiger charge is 2.19. The molecular formula is C25H22ClN3O2. The molecule has 0 unspecified atom stereocenters. The van der Waals surface area contributed by atoms with E-state index in [1.807, 2.05) is 73.7 Å². The maximum Gasteiger partial charge on any atom is 0.264 e. The molecule has 0 radical (unpaired) electrons. The van der Waals surface area contributed by atoms with Crippen molar-refractivity contribution >= 4 is 23.2 Å². The Kier molecular flexibility index (Phi) is 7.31. The van der Waals surface area contributed by atoms with Crippen molar-refractivity contribution in [2.75, 3.05) is 12.4 Å². The summed E-state index contributed by atoms with van der Waals surface area (Å²) in [6.45, 7) is 1.86. The molecule has 0 aliphatic heterocycles. The lowest BCUT2D eigenvalue weighted by Gasteiger charge is -2.19. The number of anilines is 1. The van der Waals surface area contributed by atoms with Crippen LogP contribution in [0.5, 0.6) is 5.75 Å². The second kappa shape index (κ2) is 10.3. The monoisotopic (exact) mass is 431 g/mol. The van der Waals surface area contributed by atoms with E-state index < -0.39 is 5.91 Å². The largest absolute Gasteiger partial charge is 0.495 e. The van der Waals surface area contributed by atoms with Gasteiger partial charge in [-0.05, 0) is 29.7 Å². The van der Waals surface area contributed by atoms with Gasteiger partial charge in [0.2, 0.25) is 0 Å². The van der Waals surface area contributed by atoms with E-state index in [0.717, 1.165) is 16.7 Å². The number of benzene rings is 3. The zero-order valence-electron chi connectivity index (χ0n) is 17.2. The van der Waals surface area contributed by atoms with E-state index in [1.165, 1.54) is 13.3 Å². The lowest BCUT2D eigenvalue weighted by molar-refractivity contribution is -0.117. The van der Waals surface area contributed by atoms with Crippen molar-refractivity contribution in [2.24, 2.45) is 0 Å². The van der Waals surface area contributed by atoms with Gasteiger partial charge in [-0.1, -0.05) is 72.3 Å². The Labute approximate surface area is 186 Å². The van der Waals surface area contributed by atoms with E-state index in [0.29, 0.717) is 16.5 Å². The molecule has 0 bridgehead atoms. The number of hydrogen-bond donors (Lipinski definition) is 2. The SMILES string of the molecule is COc1cc(Cl)c(C)cc1N/C=C(/C#N)C(=O)NC(c1ccccc1)c1ccccc1. The molecule has 0 saturated carbocycles. The smallest absolute Gasteiger partial charge is 0.264 e. The average molecular weight is 432 g/mol. The van der Waals surface area contributed by atoms with Crippen molar-refractivity contribution in [2.45, 2.75) is 13.0 Å². The van der Waals surface area contributed by atoms with Crippen molar-refractivity contribution in [3.8, 4) is 11.8 Å². The predicted molar refractivity (Wildman–Crippen MR) is 123 cm³/mol. The first-order chi connectivity index (χ1) is 15.0. The molecule has 0 atom stereocenters. The van der Waals surface area contributed by atoms with E-state index in [1.54, 1.807) is 12.1 Å². The third-order valence-corrected chi connectivity index (χ3v) is 5.17. The van der Waals surface area contributed by atoms with Gasteiger partial charge in [0.1, 0.15) is 17.4 Å². The van der Waals surface area contributed by atoms with Crippen LogP contribution < -0.4 is 15.4 Å². The highest BCUT2D eigenvalue weighted by molar-refractivity contribution is 6.31. The minimum absolute atomic E-state index is 0.0634. The van der Waals surface area contributed by atoms with Gasteiger partial charge >= 0.3 is 0 Å². The lowest BCUT2D eigenvalue weighted by Crippen LogP contribution is -2.30. The molecule has 0 aliphatic rings. The molecule has 3 rings (SSSR count). The van der Waals surface area contributed by atoms with Gasteiger partial charge in [0.25, 0.3) is 5.91 Å². The summed E-state index contributed by atoms with van der Waals surface area (Å²) in [5, 5.41) is 16.1. The maximum absolute atomic E-state index is 12.9. The Bertz CT molecular complexity index is 1080. The van der Waals surface area contributed by atoms with Crippen LogP contribution in [0.1, 0.15) is 22.7 Å². The van der Waals surface area contributed by atoms with Crippen LogP contribution in [0.3, 0.4) is 0 Å². The van der Waals surface area contributed by atoms with E-state index in [4.69, 9.17) is 16.3 Å². The molecule has 6 heteroatoms. The lowest BCUT2D eigenvalue weighted by atomic mass is 9.98. The van der Waals surface area contributed by atoms with Crippen molar-refractivity contribution < 1.29 is 9.53 Å². The predicted octanol–water partition coefficient (Wildman–Crippen LogP) is 5.38. The first kappa shape index (κ1) is 21.9. The second-order valence-corrected chi connectivity index (χ2v) is 7.25. The quantitative estimate of drug-likeness (QED) is 0.389. The summed E-state index contributed by atoms with van der Waals surface area (Å²) in [4.78, 5) is 12.9. The number of methoxy groups -OCH3 is 1. The number of nitrogens with zero attached hydrogens (tertiary/aromatic N) is 1. The summed E-state index contributed by atoms with van der Waals surface area (Å²) in [7, 11) is 1.53. The number of nitriles is 1. The average Bonchev–Trinajstić information content (AvgIpc) is 2.81. The molecule has 3 aromatic carbocycles. The second-order valence-electron chi connectivity index (χ2n) is 6.84. The minimum atomic E-state index is -0.489.